The molecule has 1 aliphatic rings. The molecule has 1 N–H and O–H groups in total. The second-order valence-corrected chi connectivity index (χ2v) is 4.92. The molecule has 0 bridgehead atoms. The molecule has 0 aromatic heterocycles. The summed E-state index contributed by atoms with van der Waals surface area (Å²) in [7, 11) is 0. The van der Waals surface area contributed by atoms with Gasteiger partial charge in [0, 0.05) is 19.6 Å². The first-order valence-corrected chi connectivity index (χ1v) is 6.37. The Balaban J connectivity index is 2.02. The van der Waals surface area contributed by atoms with Crippen LogP contribution in [-0.4, -0.2) is 42.4 Å². The molecule has 0 amide bonds. The number of aliphatic hydroxyl groups excluding tert-OH is 1. The number of aliphatic hydroxyl groups is 1. The van der Waals surface area contributed by atoms with E-state index in [4.69, 9.17) is 9.84 Å². The van der Waals surface area contributed by atoms with E-state index in [0.717, 1.165) is 12.1 Å². The van der Waals surface area contributed by atoms with Gasteiger partial charge in [-0.1, -0.05) is 12.1 Å². The third kappa shape index (κ3) is 3.25. The zero-order valence-corrected chi connectivity index (χ0v) is 11.0. The van der Waals surface area contributed by atoms with Crippen molar-refractivity contribution in [2.24, 2.45) is 0 Å². The van der Waals surface area contributed by atoms with Crippen molar-refractivity contribution in [3.63, 3.8) is 0 Å². The summed E-state index contributed by atoms with van der Waals surface area (Å²) in [5.74, 6) is -0.241. The minimum absolute atomic E-state index is 0.0286. The van der Waals surface area contributed by atoms with Crippen LogP contribution in [0.25, 0.3) is 0 Å². The Hall–Kier alpha value is -0.490. The van der Waals surface area contributed by atoms with Crippen molar-refractivity contribution in [3.05, 3.63) is 34.1 Å². The molecule has 0 saturated carbocycles. The predicted octanol–water partition coefficient (Wildman–Crippen LogP) is 1.78. The number of benzene rings is 1. The topological polar surface area (TPSA) is 32.7 Å². The van der Waals surface area contributed by atoms with Gasteiger partial charge in [0.05, 0.1) is 23.8 Å². The van der Waals surface area contributed by atoms with Gasteiger partial charge in [0.15, 0.2) is 0 Å². The van der Waals surface area contributed by atoms with Gasteiger partial charge in [0.1, 0.15) is 5.82 Å². The molecule has 1 saturated heterocycles. The van der Waals surface area contributed by atoms with Gasteiger partial charge in [0.2, 0.25) is 0 Å². The normalized spacial score (nSPS) is 21.7. The number of nitrogens with zero attached hydrogens (tertiary/aromatic N) is 1. The first-order chi connectivity index (χ1) is 8.20. The van der Waals surface area contributed by atoms with E-state index in [1.807, 2.05) is 6.07 Å². The lowest BCUT2D eigenvalue weighted by Crippen LogP contribution is -2.43. The number of ether oxygens (including phenoxy) is 1. The predicted molar refractivity (Wildman–Crippen MR) is 66.2 cm³/mol. The fourth-order valence-electron chi connectivity index (χ4n) is 1.95. The van der Waals surface area contributed by atoms with Gasteiger partial charge in [-0.25, -0.2) is 4.39 Å². The average molecular weight is 304 g/mol. The van der Waals surface area contributed by atoms with Crippen LogP contribution in [-0.2, 0) is 11.3 Å². The van der Waals surface area contributed by atoms with Crippen LogP contribution in [0.4, 0.5) is 4.39 Å². The van der Waals surface area contributed by atoms with Crippen molar-refractivity contribution in [2.45, 2.75) is 12.6 Å². The van der Waals surface area contributed by atoms with Crippen molar-refractivity contribution in [1.29, 1.82) is 0 Å². The number of morpholine rings is 1. The van der Waals surface area contributed by atoms with Crippen LogP contribution >= 0.6 is 15.9 Å². The van der Waals surface area contributed by atoms with Crippen molar-refractivity contribution in [1.82, 2.24) is 4.90 Å². The Labute approximate surface area is 108 Å². The van der Waals surface area contributed by atoms with Gasteiger partial charge < -0.3 is 9.84 Å². The van der Waals surface area contributed by atoms with E-state index in [-0.39, 0.29) is 18.5 Å². The second-order valence-electron chi connectivity index (χ2n) is 4.12. The van der Waals surface area contributed by atoms with Gasteiger partial charge in [-0.2, -0.15) is 0 Å². The molecule has 1 aromatic carbocycles. The fraction of sp³-hybridized carbons (Fsp3) is 0.500. The number of rotatable bonds is 3. The summed E-state index contributed by atoms with van der Waals surface area (Å²) in [6.45, 7) is 2.79. The molecular weight excluding hydrogens is 289 g/mol. The molecule has 1 fully saturated rings. The van der Waals surface area contributed by atoms with Crippen molar-refractivity contribution in [3.8, 4) is 0 Å². The first-order valence-electron chi connectivity index (χ1n) is 5.58. The molecular formula is C12H15BrFNO2. The molecule has 0 spiro atoms. The molecule has 2 rings (SSSR count). The lowest BCUT2D eigenvalue weighted by Gasteiger charge is -2.32. The molecule has 0 radical (unpaired) electrons. The van der Waals surface area contributed by atoms with E-state index in [1.165, 1.54) is 6.07 Å². The van der Waals surface area contributed by atoms with Gasteiger partial charge in [-0.15, -0.1) is 0 Å². The maximum atomic E-state index is 13.3. The minimum atomic E-state index is -0.241. The number of halogens is 2. The fourth-order valence-corrected chi connectivity index (χ4v) is 2.34. The summed E-state index contributed by atoms with van der Waals surface area (Å²) < 4.78 is 19.2. The summed E-state index contributed by atoms with van der Waals surface area (Å²) in [6.07, 6.45) is -0.129. The Morgan fingerprint density at radius 3 is 3.12 bits per heavy atom. The van der Waals surface area contributed by atoms with Crippen LogP contribution in [0, 0.1) is 5.82 Å². The molecule has 1 heterocycles. The Morgan fingerprint density at radius 1 is 1.53 bits per heavy atom. The van der Waals surface area contributed by atoms with E-state index in [9.17, 15) is 4.39 Å². The molecule has 1 aliphatic heterocycles. The lowest BCUT2D eigenvalue weighted by atomic mass is 10.2. The van der Waals surface area contributed by atoms with E-state index in [0.29, 0.717) is 24.2 Å². The monoisotopic (exact) mass is 303 g/mol. The highest BCUT2D eigenvalue weighted by atomic mass is 79.9. The lowest BCUT2D eigenvalue weighted by molar-refractivity contribution is -0.0551. The summed E-state index contributed by atoms with van der Waals surface area (Å²) >= 11 is 3.26. The zero-order chi connectivity index (χ0) is 12.3. The van der Waals surface area contributed by atoms with Gasteiger partial charge in [-0.3, -0.25) is 4.90 Å². The van der Waals surface area contributed by atoms with Crippen molar-refractivity contribution < 1.29 is 14.2 Å². The minimum Gasteiger partial charge on any atom is -0.394 e. The smallest absolute Gasteiger partial charge is 0.137 e. The largest absolute Gasteiger partial charge is 0.394 e. The Kier molecular flexibility index (Phi) is 4.50. The summed E-state index contributed by atoms with van der Waals surface area (Å²) in [6, 6.07) is 5.04. The number of hydrogen-bond donors (Lipinski definition) is 1. The van der Waals surface area contributed by atoms with E-state index < -0.39 is 0 Å². The average Bonchev–Trinajstić information content (AvgIpc) is 2.35. The SMILES string of the molecule is OCC1CN(Cc2cccc(F)c2Br)CCO1. The first kappa shape index (κ1) is 13.0. The van der Waals surface area contributed by atoms with Gasteiger partial charge in [0.25, 0.3) is 0 Å². The van der Waals surface area contributed by atoms with Gasteiger partial charge >= 0.3 is 0 Å². The molecule has 0 aliphatic carbocycles. The van der Waals surface area contributed by atoms with E-state index >= 15 is 0 Å². The maximum Gasteiger partial charge on any atom is 0.137 e. The molecule has 17 heavy (non-hydrogen) atoms. The van der Waals surface area contributed by atoms with Crippen LogP contribution in [0.2, 0.25) is 0 Å². The molecule has 1 aromatic rings. The molecule has 94 valence electrons. The maximum absolute atomic E-state index is 13.3. The van der Waals surface area contributed by atoms with Crippen LogP contribution < -0.4 is 0 Å². The van der Waals surface area contributed by atoms with E-state index in [1.54, 1.807) is 6.07 Å². The molecule has 1 unspecified atom stereocenters. The highest BCUT2D eigenvalue weighted by molar-refractivity contribution is 9.10. The van der Waals surface area contributed by atoms with Crippen LogP contribution in [0.15, 0.2) is 22.7 Å². The summed E-state index contributed by atoms with van der Waals surface area (Å²) in [5, 5.41) is 9.05. The third-order valence-corrected chi connectivity index (χ3v) is 3.74. The summed E-state index contributed by atoms with van der Waals surface area (Å²) in [4.78, 5) is 2.16. The van der Waals surface area contributed by atoms with Crippen molar-refractivity contribution in [2.75, 3.05) is 26.3 Å². The zero-order valence-electron chi connectivity index (χ0n) is 9.40. The Bertz CT molecular complexity index is 389. The van der Waals surface area contributed by atoms with Crippen LogP contribution in [0.5, 0.6) is 0 Å². The quantitative estimate of drug-likeness (QED) is 0.924. The highest BCUT2D eigenvalue weighted by Crippen LogP contribution is 2.22. The highest BCUT2D eigenvalue weighted by Gasteiger charge is 2.20. The third-order valence-electron chi connectivity index (χ3n) is 2.85. The standard InChI is InChI=1S/C12H15BrFNO2/c13-12-9(2-1-3-11(12)14)6-15-4-5-17-10(7-15)8-16/h1-3,10,16H,4-8H2. The molecule has 3 nitrogen and oxygen atoms in total. The molecule has 5 heteroatoms. The Morgan fingerprint density at radius 2 is 2.35 bits per heavy atom. The number of hydrogen-bond acceptors (Lipinski definition) is 3. The van der Waals surface area contributed by atoms with Crippen LogP contribution in [0.3, 0.4) is 0 Å². The molecule has 1 atom stereocenters. The van der Waals surface area contributed by atoms with Gasteiger partial charge in [-0.05, 0) is 27.6 Å². The van der Waals surface area contributed by atoms with Crippen molar-refractivity contribution >= 4 is 15.9 Å². The van der Waals surface area contributed by atoms with Crippen LogP contribution in [0.1, 0.15) is 5.56 Å². The summed E-state index contributed by atoms with van der Waals surface area (Å²) in [5.41, 5.74) is 0.920. The van der Waals surface area contributed by atoms with E-state index in [2.05, 4.69) is 20.8 Å². The second kappa shape index (κ2) is 5.91.